The summed E-state index contributed by atoms with van der Waals surface area (Å²) in [5.41, 5.74) is 5.24. The van der Waals surface area contributed by atoms with Gasteiger partial charge in [-0.1, -0.05) is 12.1 Å². The lowest BCUT2D eigenvalue weighted by Crippen LogP contribution is -2.22. The van der Waals surface area contributed by atoms with Gasteiger partial charge in [-0.05, 0) is 60.9 Å². The number of aryl methyl sites for hydroxylation is 2. The fraction of sp³-hybridized carbons (Fsp3) is 0.273. The molecule has 0 bridgehead atoms. The minimum absolute atomic E-state index is 0.160. The number of nitrogens with one attached hydrogen (secondary N) is 1. The number of rotatable bonds is 3. The van der Waals surface area contributed by atoms with Crippen molar-refractivity contribution in [2.75, 3.05) is 12.1 Å². The summed E-state index contributed by atoms with van der Waals surface area (Å²) in [5.74, 6) is 1.25. The Morgan fingerprint density at radius 1 is 1.07 bits per heavy atom. The molecular weight excluding hydrogens is 370 g/mol. The van der Waals surface area contributed by atoms with Gasteiger partial charge in [-0.25, -0.2) is 0 Å². The first-order chi connectivity index (χ1) is 14.0. The first kappa shape index (κ1) is 17.8. The van der Waals surface area contributed by atoms with Gasteiger partial charge in [0.2, 0.25) is 6.79 Å². The van der Waals surface area contributed by atoms with E-state index in [1.165, 1.54) is 0 Å². The maximum atomic E-state index is 12.7. The smallest absolute Gasteiger partial charge is 0.276 e. The highest BCUT2D eigenvalue weighted by molar-refractivity contribution is 6.03. The Morgan fingerprint density at radius 3 is 2.69 bits per heavy atom. The number of amides is 1. The zero-order chi connectivity index (χ0) is 20.0. The molecule has 0 spiro atoms. The van der Waals surface area contributed by atoms with Crippen molar-refractivity contribution in [3.63, 3.8) is 0 Å². The number of carbonyl (C=O) groups is 1. The summed E-state index contributed by atoms with van der Waals surface area (Å²) in [6.45, 7) is 5.18. The van der Waals surface area contributed by atoms with Crippen LogP contribution in [0.4, 0.5) is 5.69 Å². The molecule has 0 saturated carbocycles. The summed E-state index contributed by atoms with van der Waals surface area (Å²) >= 11 is 0. The van der Waals surface area contributed by atoms with Gasteiger partial charge in [0.15, 0.2) is 17.2 Å². The van der Waals surface area contributed by atoms with E-state index in [0.29, 0.717) is 18.8 Å². The van der Waals surface area contributed by atoms with E-state index in [0.717, 1.165) is 39.6 Å². The van der Waals surface area contributed by atoms with Crippen molar-refractivity contribution in [1.29, 1.82) is 0 Å². The van der Waals surface area contributed by atoms with Gasteiger partial charge < -0.3 is 19.5 Å². The normalized spacial score (nSPS) is 17.1. The second kappa shape index (κ2) is 6.93. The average Bonchev–Trinajstić information content (AvgIpc) is 3.32. The van der Waals surface area contributed by atoms with E-state index in [-0.39, 0.29) is 18.8 Å². The predicted octanol–water partition coefficient (Wildman–Crippen LogP) is 3.75. The second-order valence-corrected chi connectivity index (χ2v) is 7.45. The minimum atomic E-state index is -0.225. The van der Waals surface area contributed by atoms with Crippen LogP contribution in [0.2, 0.25) is 0 Å². The molecule has 1 aromatic heterocycles. The van der Waals surface area contributed by atoms with E-state index in [2.05, 4.69) is 16.5 Å². The molecule has 0 unspecified atom stereocenters. The van der Waals surface area contributed by atoms with Gasteiger partial charge in [-0.2, -0.15) is 5.10 Å². The third-order valence-corrected chi connectivity index (χ3v) is 5.12. The van der Waals surface area contributed by atoms with Crippen LogP contribution in [0.3, 0.4) is 0 Å². The van der Waals surface area contributed by atoms with Gasteiger partial charge >= 0.3 is 0 Å². The quantitative estimate of drug-likeness (QED) is 0.736. The van der Waals surface area contributed by atoms with Crippen LogP contribution in [0.15, 0.2) is 42.5 Å². The molecule has 0 aliphatic carbocycles. The van der Waals surface area contributed by atoms with Gasteiger partial charge in [-0.3, -0.25) is 9.48 Å². The highest BCUT2D eigenvalue weighted by Gasteiger charge is 2.26. The Bertz CT molecular complexity index is 1090. The summed E-state index contributed by atoms with van der Waals surface area (Å²) in [4.78, 5) is 12.7. The number of anilines is 1. The van der Waals surface area contributed by atoms with Crippen molar-refractivity contribution in [2.24, 2.45) is 0 Å². The van der Waals surface area contributed by atoms with E-state index in [9.17, 15) is 4.79 Å². The van der Waals surface area contributed by atoms with Crippen LogP contribution in [-0.2, 0) is 17.9 Å². The van der Waals surface area contributed by atoms with Crippen molar-refractivity contribution < 1.29 is 19.0 Å². The van der Waals surface area contributed by atoms with Crippen LogP contribution in [0.1, 0.15) is 39.0 Å². The molecule has 0 saturated heterocycles. The van der Waals surface area contributed by atoms with E-state index in [4.69, 9.17) is 14.2 Å². The number of nitrogens with zero attached hydrogens (tertiary/aromatic N) is 2. The zero-order valence-corrected chi connectivity index (χ0v) is 16.3. The topological polar surface area (TPSA) is 74.6 Å². The average molecular weight is 391 g/mol. The first-order valence-electron chi connectivity index (χ1n) is 9.53. The van der Waals surface area contributed by atoms with Crippen molar-refractivity contribution in [3.8, 4) is 11.5 Å². The Hall–Kier alpha value is -3.32. The number of carbonyl (C=O) groups excluding carboxylic acids is 1. The molecule has 29 heavy (non-hydrogen) atoms. The molecule has 7 heteroatoms. The summed E-state index contributed by atoms with van der Waals surface area (Å²) < 4.78 is 18.7. The van der Waals surface area contributed by atoms with Gasteiger partial charge in [0.05, 0.1) is 18.8 Å². The molecule has 1 amide bonds. The monoisotopic (exact) mass is 391 g/mol. The molecule has 2 aliphatic heterocycles. The lowest BCUT2D eigenvalue weighted by molar-refractivity contribution is -0.00127. The van der Waals surface area contributed by atoms with Crippen LogP contribution in [0.5, 0.6) is 11.5 Å². The SMILES string of the molecule is Cc1cc(C)cc(NC(=O)c2cc3n(n2)C[C@H](c2ccc4c(c2)OCO4)OC3)c1. The number of hydrogen-bond donors (Lipinski definition) is 1. The Labute approximate surface area is 168 Å². The molecule has 148 valence electrons. The third-order valence-electron chi connectivity index (χ3n) is 5.12. The number of hydrogen-bond acceptors (Lipinski definition) is 5. The molecular formula is C22H21N3O4. The Kier molecular flexibility index (Phi) is 4.24. The third kappa shape index (κ3) is 3.45. The second-order valence-electron chi connectivity index (χ2n) is 7.45. The molecule has 7 nitrogen and oxygen atoms in total. The van der Waals surface area contributed by atoms with Crippen LogP contribution >= 0.6 is 0 Å². The molecule has 0 radical (unpaired) electrons. The first-order valence-corrected chi connectivity index (χ1v) is 9.53. The lowest BCUT2D eigenvalue weighted by atomic mass is 10.1. The largest absolute Gasteiger partial charge is 0.454 e. The number of ether oxygens (including phenoxy) is 3. The molecule has 5 rings (SSSR count). The number of benzene rings is 2. The molecule has 0 fully saturated rings. The number of aromatic nitrogens is 2. The van der Waals surface area contributed by atoms with Crippen molar-refractivity contribution in [1.82, 2.24) is 9.78 Å². The van der Waals surface area contributed by atoms with Crippen LogP contribution in [0, 0.1) is 13.8 Å². The standard InChI is InChI=1S/C22H21N3O4/c1-13-5-14(2)7-16(6-13)23-22(26)18-9-17-11-27-21(10-25(17)24-18)15-3-4-19-20(8-15)29-12-28-19/h3-9,21H,10-12H2,1-2H3,(H,23,26)/t21-/m1/s1. The lowest BCUT2D eigenvalue weighted by Gasteiger charge is -2.24. The molecule has 2 aromatic carbocycles. The maximum absolute atomic E-state index is 12.7. The minimum Gasteiger partial charge on any atom is -0.454 e. The molecule has 3 aromatic rings. The van der Waals surface area contributed by atoms with E-state index in [1.807, 2.05) is 48.9 Å². The summed E-state index contributed by atoms with van der Waals surface area (Å²) in [6, 6.07) is 13.5. The Balaban J connectivity index is 1.33. The number of fused-ring (bicyclic) bond motifs is 2. The van der Waals surface area contributed by atoms with Crippen molar-refractivity contribution in [3.05, 3.63) is 70.5 Å². The van der Waals surface area contributed by atoms with Gasteiger partial charge in [0.1, 0.15) is 6.10 Å². The highest BCUT2D eigenvalue weighted by atomic mass is 16.7. The van der Waals surface area contributed by atoms with E-state index >= 15 is 0 Å². The zero-order valence-electron chi connectivity index (χ0n) is 16.3. The van der Waals surface area contributed by atoms with E-state index < -0.39 is 0 Å². The van der Waals surface area contributed by atoms with Gasteiger partial charge in [-0.15, -0.1) is 0 Å². The van der Waals surface area contributed by atoms with E-state index in [1.54, 1.807) is 6.07 Å². The molecule has 1 N–H and O–H groups in total. The summed E-state index contributed by atoms with van der Waals surface area (Å²) in [7, 11) is 0. The van der Waals surface area contributed by atoms with Gasteiger partial charge in [0.25, 0.3) is 5.91 Å². The fourth-order valence-corrected chi connectivity index (χ4v) is 3.79. The summed E-state index contributed by atoms with van der Waals surface area (Å²) in [6.07, 6.45) is -0.160. The van der Waals surface area contributed by atoms with Gasteiger partial charge in [0, 0.05) is 5.69 Å². The summed E-state index contributed by atoms with van der Waals surface area (Å²) in [5, 5.41) is 7.44. The maximum Gasteiger partial charge on any atom is 0.276 e. The molecule has 1 atom stereocenters. The van der Waals surface area contributed by atoms with Crippen molar-refractivity contribution in [2.45, 2.75) is 33.1 Å². The van der Waals surface area contributed by atoms with Crippen LogP contribution < -0.4 is 14.8 Å². The highest BCUT2D eigenvalue weighted by Crippen LogP contribution is 2.36. The molecule has 3 heterocycles. The van der Waals surface area contributed by atoms with Crippen LogP contribution in [-0.4, -0.2) is 22.5 Å². The fourth-order valence-electron chi connectivity index (χ4n) is 3.79. The van der Waals surface area contributed by atoms with Crippen LogP contribution in [0.25, 0.3) is 0 Å². The Morgan fingerprint density at radius 2 is 1.86 bits per heavy atom. The van der Waals surface area contributed by atoms with Crippen molar-refractivity contribution >= 4 is 11.6 Å². The predicted molar refractivity (Wildman–Crippen MR) is 106 cm³/mol. The molecule has 2 aliphatic rings.